The summed E-state index contributed by atoms with van der Waals surface area (Å²) < 4.78 is 18.4. The van der Waals surface area contributed by atoms with Gasteiger partial charge in [-0.25, -0.2) is 0 Å². The molecule has 5 heteroatoms. The quantitative estimate of drug-likeness (QED) is 0.581. The van der Waals surface area contributed by atoms with Crippen LogP contribution in [0.1, 0.15) is 68.0 Å². The summed E-state index contributed by atoms with van der Waals surface area (Å²) in [6, 6.07) is 17.9. The Balaban J connectivity index is 1.41. The zero-order chi connectivity index (χ0) is 22.4. The van der Waals surface area contributed by atoms with Crippen LogP contribution in [0.5, 0.6) is 5.75 Å². The number of benzene rings is 2. The molecule has 4 rings (SSSR count). The molecule has 0 bridgehead atoms. The highest BCUT2D eigenvalue weighted by molar-refractivity contribution is 5.94. The Morgan fingerprint density at radius 1 is 1.06 bits per heavy atom. The van der Waals surface area contributed by atoms with Gasteiger partial charge in [0.05, 0.1) is 24.4 Å². The standard InChI is InChI=1S/C27H35NO4/c1-3-18-31-23-12-10-22(11-13-23)26(29)28-16-14-27(15-17-28)20-24(30-4-2)19-25(32-27)21-8-6-5-7-9-21/h5-13,24-25H,3-4,14-20H2,1-2H3. The molecule has 172 valence electrons. The fraction of sp³-hybridized carbons (Fsp3) is 0.519. The van der Waals surface area contributed by atoms with E-state index in [9.17, 15) is 4.79 Å². The van der Waals surface area contributed by atoms with Gasteiger partial charge in [-0.1, -0.05) is 37.3 Å². The van der Waals surface area contributed by atoms with Gasteiger partial charge in [0, 0.05) is 38.1 Å². The van der Waals surface area contributed by atoms with E-state index in [0.29, 0.717) is 31.9 Å². The lowest BCUT2D eigenvalue weighted by Crippen LogP contribution is -2.52. The Kier molecular flexibility index (Phi) is 7.48. The van der Waals surface area contributed by atoms with Gasteiger partial charge in [-0.15, -0.1) is 0 Å². The maximum Gasteiger partial charge on any atom is 0.253 e. The zero-order valence-electron chi connectivity index (χ0n) is 19.3. The van der Waals surface area contributed by atoms with E-state index >= 15 is 0 Å². The van der Waals surface area contributed by atoms with E-state index in [1.165, 1.54) is 5.56 Å². The lowest BCUT2D eigenvalue weighted by atomic mass is 9.80. The lowest BCUT2D eigenvalue weighted by molar-refractivity contribution is -0.190. The van der Waals surface area contributed by atoms with E-state index in [1.54, 1.807) is 0 Å². The Labute approximate surface area is 191 Å². The van der Waals surface area contributed by atoms with Crippen LogP contribution < -0.4 is 4.74 Å². The summed E-state index contributed by atoms with van der Waals surface area (Å²) in [5, 5.41) is 0. The molecule has 2 fully saturated rings. The molecule has 2 aromatic carbocycles. The molecule has 1 spiro atoms. The van der Waals surface area contributed by atoms with Crippen molar-refractivity contribution in [3.8, 4) is 5.75 Å². The summed E-state index contributed by atoms with van der Waals surface area (Å²) >= 11 is 0. The first kappa shape index (κ1) is 22.8. The number of carbonyl (C=O) groups is 1. The zero-order valence-corrected chi connectivity index (χ0v) is 19.3. The molecular formula is C27H35NO4. The summed E-state index contributed by atoms with van der Waals surface area (Å²) in [5.74, 6) is 0.893. The summed E-state index contributed by atoms with van der Waals surface area (Å²) in [4.78, 5) is 15.0. The van der Waals surface area contributed by atoms with Crippen molar-refractivity contribution in [3.63, 3.8) is 0 Å². The molecule has 2 atom stereocenters. The Hall–Kier alpha value is -2.37. The van der Waals surface area contributed by atoms with Crippen LogP contribution in [0.4, 0.5) is 0 Å². The van der Waals surface area contributed by atoms with E-state index < -0.39 is 0 Å². The predicted octanol–water partition coefficient (Wildman–Crippen LogP) is 5.41. The van der Waals surface area contributed by atoms with Gasteiger partial charge in [-0.05, 0) is 56.0 Å². The van der Waals surface area contributed by atoms with Crippen molar-refractivity contribution in [2.75, 3.05) is 26.3 Å². The molecule has 5 nitrogen and oxygen atoms in total. The van der Waals surface area contributed by atoms with Crippen LogP contribution in [0.2, 0.25) is 0 Å². The van der Waals surface area contributed by atoms with E-state index in [0.717, 1.165) is 37.9 Å². The topological polar surface area (TPSA) is 48.0 Å². The molecule has 1 amide bonds. The van der Waals surface area contributed by atoms with Crippen LogP contribution in [0.15, 0.2) is 54.6 Å². The Morgan fingerprint density at radius 2 is 1.78 bits per heavy atom. The minimum Gasteiger partial charge on any atom is -0.494 e. The maximum atomic E-state index is 13.1. The number of hydrogen-bond donors (Lipinski definition) is 0. The van der Waals surface area contributed by atoms with Crippen molar-refractivity contribution >= 4 is 5.91 Å². The fourth-order valence-electron chi connectivity index (χ4n) is 4.91. The molecular weight excluding hydrogens is 402 g/mol. The van der Waals surface area contributed by atoms with Gasteiger partial charge in [0.25, 0.3) is 5.91 Å². The second kappa shape index (κ2) is 10.5. The van der Waals surface area contributed by atoms with Crippen molar-refractivity contribution in [1.29, 1.82) is 0 Å². The third kappa shape index (κ3) is 5.33. The first-order chi connectivity index (χ1) is 15.6. The van der Waals surface area contributed by atoms with Crippen LogP contribution in [0, 0.1) is 0 Å². The van der Waals surface area contributed by atoms with Gasteiger partial charge in [0.1, 0.15) is 5.75 Å². The Bertz CT molecular complexity index is 859. The van der Waals surface area contributed by atoms with E-state index in [2.05, 4.69) is 38.1 Å². The molecule has 2 aromatic rings. The molecule has 0 radical (unpaired) electrons. The van der Waals surface area contributed by atoms with E-state index in [1.807, 2.05) is 35.2 Å². The molecule has 2 aliphatic rings. The number of ether oxygens (including phenoxy) is 3. The third-order valence-electron chi connectivity index (χ3n) is 6.58. The number of nitrogens with zero attached hydrogens (tertiary/aromatic N) is 1. The number of carbonyl (C=O) groups excluding carboxylic acids is 1. The molecule has 0 aromatic heterocycles. The van der Waals surface area contributed by atoms with Crippen molar-refractivity contribution in [2.45, 2.75) is 63.8 Å². The minimum atomic E-state index is -0.229. The number of rotatable bonds is 7. The van der Waals surface area contributed by atoms with Crippen LogP contribution in [0.25, 0.3) is 0 Å². The highest BCUT2D eigenvalue weighted by Crippen LogP contribution is 2.44. The molecule has 32 heavy (non-hydrogen) atoms. The predicted molar refractivity (Wildman–Crippen MR) is 125 cm³/mol. The number of likely N-dealkylation sites (tertiary alicyclic amines) is 1. The van der Waals surface area contributed by atoms with Crippen molar-refractivity contribution in [2.24, 2.45) is 0 Å². The highest BCUT2D eigenvalue weighted by Gasteiger charge is 2.45. The van der Waals surface area contributed by atoms with Crippen molar-refractivity contribution in [3.05, 3.63) is 65.7 Å². The van der Waals surface area contributed by atoms with Gasteiger partial charge in [0.2, 0.25) is 0 Å². The second-order valence-corrected chi connectivity index (χ2v) is 8.88. The van der Waals surface area contributed by atoms with Gasteiger partial charge >= 0.3 is 0 Å². The minimum absolute atomic E-state index is 0.0411. The average Bonchev–Trinajstić information content (AvgIpc) is 2.84. The molecule has 2 unspecified atom stereocenters. The fourth-order valence-corrected chi connectivity index (χ4v) is 4.91. The van der Waals surface area contributed by atoms with Gasteiger partial charge in [-0.3, -0.25) is 4.79 Å². The summed E-state index contributed by atoms with van der Waals surface area (Å²) in [7, 11) is 0. The largest absolute Gasteiger partial charge is 0.494 e. The summed E-state index contributed by atoms with van der Waals surface area (Å²) in [6.45, 7) is 6.94. The summed E-state index contributed by atoms with van der Waals surface area (Å²) in [5.41, 5.74) is 1.69. The third-order valence-corrected chi connectivity index (χ3v) is 6.58. The van der Waals surface area contributed by atoms with E-state index in [-0.39, 0.29) is 23.7 Å². The van der Waals surface area contributed by atoms with Crippen LogP contribution in [-0.2, 0) is 9.47 Å². The normalized spacial score (nSPS) is 22.6. The van der Waals surface area contributed by atoms with E-state index in [4.69, 9.17) is 14.2 Å². The molecule has 2 aliphatic heterocycles. The van der Waals surface area contributed by atoms with Crippen LogP contribution >= 0.6 is 0 Å². The SMILES string of the molecule is CCCOc1ccc(C(=O)N2CCC3(CC2)CC(OCC)CC(c2ccccc2)O3)cc1. The lowest BCUT2D eigenvalue weighted by Gasteiger charge is -2.48. The summed E-state index contributed by atoms with van der Waals surface area (Å²) in [6.07, 6.45) is 4.65. The first-order valence-electron chi connectivity index (χ1n) is 12.0. The molecule has 0 N–H and O–H groups in total. The first-order valence-corrected chi connectivity index (χ1v) is 12.0. The molecule has 0 aliphatic carbocycles. The second-order valence-electron chi connectivity index (χ2n) is 8.88. The molecule has 2 saturated heterocycles. The van der Waals surface area contributed by atoms with Crippen molar-refractivity contribution in [1.82, 2.24) is 4.90 Å². The highest BCUT2D eigenvalue weighted by atomic mass is 16.5. The van der Waals surface area contributed by atoms with Gasteiger partial charge in [-0.2, -0.15) is 0 Å². The Morgan fingerprint density at radius 3 is 2.44 bits per heavy atom. The van der Waals surface area contributed by atoms with Gasteiger partial charge < -0.3 is 19.1 Å². The number of amides is 1. The molecule has 2 heterocycles. The maximum absolute atomic E-state index is 13.1. The number of hydrogen-bond acceptors (Lipinski definition) is 4. The molecule has 0 saturated carbocycles. The average molecular weight is 438 g/mol. The smallest absolute Gasteiger partial charge is 0.253 e. The monoisotopic (exact) mass is 437 g/mol. The van der Waals surface area contributed by atoms with Crippen molar-refractivity contribution < 1.29 is 19.0 Å². The van der Waals surface area contributed by atoms with Crippen LogP contribution in [-0.4, -0.2) is 48.8 Å². The number of piperidine rings is 1. The van der Waals surface area contributed by atoms with Crippen LogP contribution in [0.3, 0.4) is 0 Å². The van der Waals surface area contributed by atoms with Gasteiger partial charge in [0.15, 0.2) is 0 Å².